The molecular weight excluding hydrogens is 298 g/mol. The Hall–Kier alpha value is 0.580. The molecule has 0 bridgehead atoms. The summed E-state index contributed by atoms with van der Waals surface area (Å²) < 4.78 is 0. The third-order valence-corrected chi connectivity index (χ3v) is 7.85. The van der Waals surface area contributed by atoms with Gasteiger partial charge in [0, 0.05) is 23.6 Å². The smallest absolute Gasteiger partial charge is 0.0213 e. The van der Waals surface area contributed by atoms with Gasteiger partial charge in [-0.25, -0.2) is 0 Å². The van der Waals surface area contributed by atoms with E-state index in [1.165, 1.54) is 69.3 Å². The van der Waals surface area contributed by atoms with Crippen LogP contribution in [0, 0.1) is 11.8 Å². The molecule has 2 aliphatic carbocycles. The minimum absolute atomic E-state index is 0.563. The van der Waals surface area contributed by atoms with Crippen molar-refractivity contribution >= 4 is 21.6 Å². The topological polar surface area (TPSA) is 50.1 Å². The second-order valence-electron chi connectivity index (χ2n) is 6.84. The summed E-state index contributed by atoms with van der Waals surface area (Å²) in [5.74, 6) is 10.0. The predicted molar refractivity (Wildman–Crippen MR) is 97.4 cm³/mol. The number of rotatable bonds is 7. The highest BCUT2D eigenvalue weighted by Gasteiger charge is 2.22. The van der Waals surface area contributed by atoms with Crippen molar-refractivity contribution in [3.05, 3.63) is 0 Å². The van der Waals surface area contributed by atoms with Crippen molar-refractivity contribution in [1.29, 1.82) is 0 Å². The zero-order chi connectivity index (χ0) is 14.9. The monoisotopic (exact) mass is 331 g/mol. The van der Waals surface area contributed by atoms with Crippen LogP contribution in [0.15, 0.2) is 0 Å². The van der Waals surface area contributed by atoms with E-state index in [-0.39, 0.29) is 0 Å². The lowest BCUT2D eigenvalue weighted by Gasteiger charge is -2.28. The molecule has 0 saturated heterocycles. The van der Waals surface area contributed by atoms with E-state index in [9.17, 15) is 0 Å². The molecule has 21 heavy (non-hydrogen) atoms. The maximum Gasteiger partial charge on any atom is 0.0213 e. The molecule has 0 aromatic carbocycles. The van der Waals surface area contributed by atoms with Gasteiger partial charge in [0.1, 0.15) is 0 Å². The lowest BCUT2D eigenvalue weighted by Crippen LogP contribution is -2.39. The molecular formula is C16H33N3S2. The van der Waals surface area contributed by atoms with E-state index < -0.39 is 0 Å². The maximum atomic E-state index is 5.59. The molecule has 0 radical (unpaired) electrons. The molecule has 2 fully saturated rings. The normalized spacial score (nSPS) is 34.6. The highest BCUT2D eigenvalue weighted by Crippen LogP contribution is 2.35. The van der Waals surface area contributed by atoms with Gasteiger partial charge in [0.25, 0.3) is 0 Å². The summed E-state index contributed by atoms with van der Waals surface area (Å²) in [5, 5.41) is 3.49. The average Bonchev–Trinajstić information content (AvgIpc) is 2.77. The molecule has 0 aliphatic heterocycles. The van der Waals surface area contributed by atoms with Crippen molar-refractivity contribution in [3.8, 4) is 0 Å². The SMILES string of the molecule is CNC1CCCCC(CSSCC2CCCC(NN)C2)C1. The van der Waals surface area contributed by atoms with Crippen LogP contribution in [0.25, 0.3) is 0 Å². The van der Waals surface area contributed by atoms with Crippen LogP contribution in [0.4, 0.5) is 0 Å². The van der Waals surface area contributed by atoms with E-state index >= 15 is 0 Å². The number of nitrogens with two attached hydrogens (primary N) is 1. The van der Waals surface area contributed by atoms with Gasteiger partial charge in [0.2, 0.25) is 0 Å². The number of hydrogen-bond donors (Lipinski definition) is 3. The van der Waals surface area contributed by atoms with Gasteiger partial charge in [-0.05, 0) is 57.4 Å². The van der Waals surface area contributed by atoms with Gasteiger partial charge >= 0.3 is 0 Å². The molecule has 2 rings (SSSR count). The first-order chi connectivity index (χ1) is 10.3. The molecule has 5 heteroatoms. The third-order valence-electron chi connectivity index (χ3n) is 5.15. The molecule has 0 heterocycles. The summed E-state index contributed by atoms with van der Waals surface area (Å²) in [6.45, 7) is 0. The van der Waals surface area contributed by atoms with Crippen molar-refractivity contribution in [2.24, 2.45) is 17.7 Å². The Morgan fingerprint density at radius 1 is 0.857 bits per heavy atom. The highest BCUT2D eigenvalue weighted by atomic mass is 33.1. The van der Waals surface area contributed by atoms with E-state index in [2.05, 4.69) is 39.4 Å². The van der Waals surface area contributed by atoms with Gasteiger partial charge in [0.15, 0.2) is 0 Å². The summed E-state index contributed by atoms with van der Waals surface area (Å²) in [6, 6.07) is 1.32. The Morgan fingerprint density at radius 3 is 2.10 bits per heavy atom. The minimum Gasteiger partial charge on any atom is -0.317 e. The zero-order valence-electron chi connectivity index (χ0n) is 13.5. The lowest BCUT2D eigenvalue weighted by atomic mass is 9.87. The van der Waals surface area contributed by atoms with E-state index in [4.69, 9.17) is 5.84 Å². The number of hydrazine groups is 1. The Labute approximate surface area is 138 Å². The van der Waals surface area contributed by atoms with Gasteiger partial charge in [0.05, 0.1) is 0 Å². The Kier molecular flexibility index (Phi) is 8.85. The van der Waals surface area contributed by atoms with Gasteiger partial charge in [-0.2, -0.15) is 0 Å². The molecule has 4 unspecified atom stereocenters. The summed E-state index contributed by atoms with van der Waals surface area (Å²) in [5.41, 5.74) is 2.97. The molecule has 3 nitrogen and oxygen atoms in total. The summed E-state index contributed by atoms with van der Waals surface area (Å²) in [4.78, 5) is 0. The van der Waals surface area contributed by atoms with Crippen LogP contribution in [-0.4, -0.2) is 30.6 Å². The minimum atomic E-state index is 0.563. The van der Waals surface area contributed by atoms with E-state index in [0.717, 1.165) is 17.9 Å². The molecule has 124 valence electrons. The Balaban J connectivity index is 1.58. The fourth-order valence-corrected chi connectivity index (χ4v) is 6.67. The maximum absolute atomic E-state index is 5.59. The number of hydrogen-bond acceptors (Lipinski definition) is 5. The van der Waals surface area contributed by atoms with Gasteiger partial charge < -0.3 is 5.32 Å². The Morgan fingerprint density at radius 2 is 1.43 bits per heavy atom. The average molecular weight is 332 g/mol. The van der Waals surface area contributed by atoms with Crippen LogP contribution in [0.5, 0.6) is 0 Å². The number of nitrogens with one attached hydrogen (secondary N) is 2. The van der Waals surface area contributed by atoms with Crippen LogP contribution in [0.3, 0.4) is 0 Å². The van der Waals surface area contributed by atoms with Gasteiger partial charge in [-0.1, -0.05) is 40.9 Å². The Bertz CT molecular complexity index is 278. The third kappa shape index (κ3) is 6.69. The molecule has 0 spiro atoms. The molecule has 0 aromatic rings. The molecule has 2 saturated carbocycles. The molecule has 4 atom stereocenters. The second kappa shape index (κ2) is 10.4. The van der Waals surface area contributed by atoms with Crippen LogP contribution in [0.1, 0.15) is 57.8 Å². The van der Waals surface area contributed by atoms with E-state index in [1.54, 1.807) is 0 Å². The molecule has 2 aliphatic rings. The van der Waals surface area contributed by atoms with E-state index in [0.29, 0.717) is 6.04 Å². The van der Waals surface area contributed by atoms with Crippen LogP contribution in [0.2, 0.25) is 0 Å². The molecule has 0 aromatic heterocycles. The molecule has 0 amide bonds. The quantitative estimate of drug-likeness (QED) is 0.219. The summed E-state index contributed by atoms with van der Waals surface area (Å²) in [7, 11) is 6.36. The van der Waals surface area contributed by atoms with Crippen LogP contribution < -0.4 is 16.6 Å². The van der Waals surface area contributed by atoms with Crippen molar-refractivity contribution in [3.63, 3.8) is 0 Å². The van der Waals surface area contributed by atoms with Crippen molar-refractivity contribution in [2.45, 2.75) is 69.9 Å². The van der Waals surface area contributed by atoms with Crippen molar-refractivity contribution in [1.82, 2.24) is 10.7 Å². The van der Waals surface area contributed by atoms with Gasteiger partial charge in [-0.3, -0.25) is 11.3 Å². The van der Waals surface area contributed by atoms with E-state index in [1.807, 2.05) is 0 Å². The largest absolute Gasteiger partial charge is 0.317 e. The fourth-order valence-electron chi connectivity index (χ4n) is 3.76. The fraction of sp³-hybridized carbons (Fsp3) is 1.00. The van der Waals surface area contributed by atoms with Crippen molar-refractivity contribution < 1.29 is 0 Å². The first kappa shape index (κ1) is 17.9. The summed E-state index contributed by atoms with van der Waals surface area (Å²) >= 11 is 0. The van der Waals surface area contributed by atoms with Gasteiger partial charge in [-0.15, -0.1) is 0 Å². The first-order valence-electron chi connectivity index (χ1n) is 8.69. The highest BCUT2D eigenvalue weighted by molar-refractivity contribution is 8.76. The zero-order valence-corrected chi connectivity index (χ0v) is 15.1. The predicted octanol–water partition coefficient (Wildman–Crippen LogP) is 3.56. The van der Waals surface area contributed by atoms with Crippen molar-refractivity contribution in [2.75, 3.05) is 18.6 Å². The molecule has 4 N–H and O–H groups in total. The first-order valence-corrected chi connectivity index (χ1v) is 11.2. The van der Waals surface area contributed by atoms with Crippen LogP contribution in [-0.2, 0) is 0 Å². The summed E-state index contributed by atoms with van der Waals surface area (Å²) in [6.07, 6.45) is 12.3. The standard InChI is InChI=1S/C16H33N3S2/c1-18-15-7-3-2-5-13(9-15)11-20-21-12-14-6-4-8-16(10-14)19-17/h13-16,18-19H,2-12,17H2,1H3. The second-order valence-corrected chi connectivity index (χ2v) is 9.39. The lowest BCUT2D eigenvalue weighted by molar-refractivity contribution is 0.308. The van der Waals surface area contributed by atoms with Crippen LogP contribution >= 0.6 is 21.6 Å².